The Hall–Kier alpha value is -2.22. The van der Waals surface area contributed by atoms with Crippen LogP contribution in [0.4, 0.5) is 0 Å². The minimum absolute atomic E-state index is 0.167. The van der Waals surface area contributed by atoms with E-state index in [-0.39, 0.29) is 12.0 Å². The first-order valence-corrected chi connectivity index (χ1v) is 11.6. The molecule has 0 spiro atoms. The summed E-state index contributed by atoms with van der Waals surface area (Å²) < 4.78 is 30.2. The third-order valence-electron chi connectivity index (χ3n) is 5.13. The third kappa shape index (κ3) is 3.83. The van der Waals surface area contributed by atoms with Crippen molar-refractivity contribution in [3.63, 3.8) is 0 Å². The molecule has 0 amide bonds. The van der Waals surface area contributed by atoms with Crippen LogP contribution in [0.3, 0.4) is 0 Å². The van der Waals surface area contributed by atoms with Gasteiger partial charge in [0.1, 0.15) is 4.21 Å². The largest absolute Gasteiger partial charge is 0.265 e. The molecule has 1 N–H and O–H groups in total. The monoisotopic (exact) mass is 413 g/mol. The minimum atomic E-state index is -3.47. The van der Waals surface area contributed by atoms with Crippen molar-refractivity contribution in [3.8, 4) is 0 Å². The average molecular weight is 414 g/mol. The molecule has 0 aliphatic heterocycles. The summed E-state index contributed by atoms with van der Waals surface area (Å²) >= 11 is 1.23. The molecule has 0 saturated heterocycles. The van der Waals surface area contributed by atoms with Crippen LogP contribution >= 0.6 is 11.3 Å². The molecule has 0 bridgehead atoms. The Morgan fingerprint density at radius 2 is 1.93 bits per heavy atom. The Morgan fingerprint density at radius 1 is 1.14 bits per heavy atom. The van der Waals surface area contributed by atoms with E-state index in [0.717, 1.165) is 17.9 Å². The van der Waals surface area contributed by atoms with Crippen molar-refractivity contribution in [2.24, 2.45) is 0 Å². The second-order valence-corrected chi connectivity index (χ2v) is 10.0. The maximum Gasteiger partial charge on any atom is 0.250 e. The lowest BCUT2D eigenvalue weighted by Crippen LogP contribution is -2.32. The maximum atomic E-state index is 12.5. The molecule has 2 heterocycles. The molecule has 146 valence electrons. The van der Waals surface area contributed by atoms with Gasteiger partial charge in [0.2, 0.25) is 0 Å². The fourth-order valence-corrected chi connectivity index (χ4v) is 6.05. The second kappa shape index (κ2) is 7.66. The normalized spacial score (nSPS) is 19.4. The Labute approximate surface area is 169 Å². The number of aryl methyl sites for hydroxylation is 1. The smallest absolute Gasteiger partial charge is 0.250 e. The van der Waals surface area contributed by atoms with Crippen LogP contribution in [0.5, 0.6) is 0 Å². The van der Waals surface area contributed by atoms with E-state index in [1.165, 1.54) is 22.5 Å². The lowest BCUT2D eigenvalue weighted by molar-refractivity contribution is 0.565. The van der Waals surface area contributed by atoms with Crippen molar-refractivity contribution in [1.82, 2.24) is 14.5 Å². The number of nitrogens with zero attached hydrogens (tertiary/aromatic N) is 2. The van der Waals surface area contributed by atoms with E-state index in [1.807, 2.05) is 35.9 Å². The number of nitrogens with one attached hydrogen (secondary N) is 1. The van der Waals surface area contributed by atoms with Gasteiger partial charge < -0.3 is 0 Å². The molecular weight excluding hydrogens is 390 g/mol. The Bertz CT molecular complexity index is 1080. The summed E-state index contributed by atoms with van der Waals surface area (Å²) in [4.78, 5) is 0. The Kier molecular flexibility index (Phi) is 5.23. The van der Waals surface area contributed by atoms with E-state index < -0.39 is 10.0 Å². The molecule has 7 heteroatoms. The number of allylic oxidation sites excluding steroid dienone is 1. The van der Waals surface area contributed by atoms with Crippen LogP contribution in [0, 0.1) is 13.8 Å². The van der Waals surface area contributed by atoms with Crippen LogP contribution in [-0.4, -0.2) is 24.2 Å². The SMILES string of the molecule is Cc1nn(Cc2ccccc2)c(C)c1[C@H]1C=C[C@@H](NS(=O)(=O)c2cccs2)C1. The zero-order valence-corrected chi connectivity index (χ0v) is 17.5. The number of benzene rings is 1. The average Bonchev–Trinajstić information content (AvgIpc) is 3.38. The highest BCUT2D eigenvalue weighted by molar-refractivity contribution is 7.91. The van der Waals surface area contributed by atoms with Gasteiger partial charge in [0.15, 0.2) is 0 Å². The second-order valence-electron chi connectivity index (χ2n) is 7.11. The van der Waals surface area contributed by atoms with Gasteiger partial charge >= 0.3 is 0 Å². The van der Waals surface area contributed by atoms with Gasteiger partial charge in [-0.25, -0.2) is 13.1 Å². The number of sulfonamides is 1. The molecule has 3 aromatic rings. The van der Waals surface area contributed by atoms with E-state index in [9.17, 15) is 8.42 Å². The quantitative estimate of drug-likeness (QED) is 0.621. The molecule has 28 heavy (non-hydrogen) atoms. The minimum Gasteiger partial charge on any atom is -0.265 e. The summed E-state index contributed by atoms with van der Waals surface area (Å²) in [5.74, 6) is 0.167. The van der Waals surface area contributed by atoms with Crippen molar-refractivity contribution in [2.45, 2.75) is 43.0 Å². The van der Waals surface area contributed by atoms with E-state index in [1.54, 1.807) is 17.5 Å². The fraction of sp³-hybridized carbons (Fsp3) is 0.286. The van der Waals surface area contributed by atoms with Gasteiger partial charge in [-0.2, -0.15) is 5.10 Å². The molecule has 1 aliphatic rings. The van der Waals surface area contributed by atoms with E-state index in [0.29, 0.717) is 10.6 Å². The van der Waals surface area contributed by atoms with Crippen molar-refractivity contribution >= 4 is 21.4 Å². The summed E-state index contributed by atoms with van der Waals surface area (Å²) in [7, 11) is -3.47. The van der Waals surface area contributed by atoms with E-state index in [2.05, 4.69) is 29.9 Å². The van der Waals surface area contributed by atoms with Gasteiger partial charge in [0, 0.05) is 23.2 Å². The maximum absolute atomic E-state index is 12.5. The Balaban J connectivity index is 1.49. The summed E-state index contributed by atoms with van der Waals surface area (Å²) in [5, 5.41) is 6.51. The highest BCUT2D eigenvalue weighted by Crippen LogP contribution is 2.34. The van der Waals surface area contributed by atoms with Gasteiger partial charge in [0.25, 0.3) is 10.0 Å². The molecule has 0 fully saturated rings. The third-order valence-corrected chi connectivity index (χ3v) is 8.02. The van der Waals surface area contributed by atoms with E-state index in [4.69, 9.17) is 5.10 Å². The van der Waals surface area contributed by atoms with Crippen LogP contribution < -0.4 is 4.72 Å². The number of thiophene rings is 1. The van der Waals surface area contributed by atoms with Gasteiger partial charge in [-0.1, -0.05) is 48.6 Å². The van der Waals surface area contributed by atoms with Gasteiger partial charge in [-0.3, -0.25) is 4.68 Å². The first-order valence-electron chi connectivity index (χ1n) is 9.26. The summed E-state index contributed by atoms with van der Waals surface area (Å²) in [6.45, 7) is 4.86. The molecule has 2 atom stereocenters. The summed E-state index contributed by atoms with van der Waals surface area (Å²) in [6, 6.07) is 13.5. The number of aromatic nitrogens is 2. The Morgan fingerprint density at radius 3 is 2.64 bits per heavy atom. The molecule has 0 saturated carbocycles. The predicted octanol–water partition coefficient (Wildman–Crippen LogP) is 4.00. The number of hydrogen-bond acceptors (Lipinski definition) is 4. The lowest BCUT2D eigenvalue weighted by atomic mass is 9.96. The molecule has 5 nitrogen and oxygen atoms in total. The van der Waals surface area contributed by atoms with Crippen molar-refractivity contribution in [1.29, 1.82) is 0 Å². The molecular formula is C21H23N3O2S2. The number of rotatable bonds is 6. The van der Waals surface area contributed by atoms with Crippen LogP contribution in [0.1, 0.15) is 34.9 Å². The molecule has 2 aromatic heterocycles. The fourth-order valence-electron chi connectivity index (χ4n) is 3.83. The van der Waals surface area contributed by atoms with Crippen LogP contribution in [0.2, 0.25) is 0 Å². The summed E-state index contributed by atoms with van der Waals surface area (Å²) in [5.41, 5.74) is 4.55. The first kappa shape index (κ1) is 19.1. The summed E-state index contributed by atoms with van der Waals surface area (Å²) in [6.07, 6.45) is 4.78. The topological polar surface area (TPSA) is 64.0 Å². The molecule has 4 rings (SSSR count). The lowest BCUT2D eigenvalue weighted by Gasteiger charge is -2.14. The first-order chi connectivity index (χ1) is 13.4. The van der Waals surface area contributed by atoms with Crippen molar-refractivity contribution in [2.75, 3.05) is 0 Å². The van der Waals surface area contributed by atoms with Crippen LogP contribution in [-0.2, 0) is 16.6 Å². The zero-order valence-electron chi connectivity index (χ0n) is 15.9. The highest BCUT2D eigenvalue weighted by atomic mass is 32.2. The van der Waals surface area contributed by atoms with Crippen molar-refractivity contribution < 1.29 is 8.42 Å². The van der Waals surface area contributed by atoms with Gasteiger partial charge in [0.05, 0.1) is 12.2 Å². The predicted molar refractivity (Wildman–Crippen MR) is 112 cm³/mol. The van der Waals surface area contributed by atoms with Crippen molar-refractivity contribution in [3.05, 3.63) is 82.5 Å². The molecule has 0 radical (unpaired) electrons. The molecule has 1 aromatic carbocycles. The zero-order chi connectivity index (χ0) is 19.7. The highest BCUT2D eigenvalue weighted by Gasteiger charge is 2.29. The molecule has 0 unspecified atom stereocenters. The van der Waals surface area contributed by atoms with Gasteiger partial charge in [-0.05, 0) is 37.3 Å². The van der Waals surface area contributed by atoms with Crippen LogP contribution in [0.25, 0.3) is 0 Å². The standard InChI is InChI=1S/C21H23N3O2S2/c1-15-21(16(2)24(22-15)14-17-7-4-3-5-8-17)18-10-11-19(13-18)23-28(25,26)20-9-6-12-27-20/h3-12,18-19,23H,13-14H2,1-2H3/t18-,19+/m0/s1. The number of hydrogen-bond donors (Lipinski definition) is 1. The van der Waals surface area contributed by atoms with Crippen LogP contribution in [0.15, 0.2) is 64.2 Å². The van der Waals surface area contributed by atoms with E-state index >= 15 is 0 Å². The molecule has 1 aliphatic carbocycles. The van der Waals surface area contributed by atoms with Gasteiger partial charge in [-0.15, -0.1) is 11.3 Å².